The predicted molar refractivity (Wildman–Crippen MR) is 92.3 cm³/mol. The molecule has 2 aromatic rings. The molecule has 0 aliphatic carbocycles. The molecule has 1 heterocycles. The van der Waals surface area contributed by atoms with E-state index in [1.165, 1.54) is 5.39 Å². The second-order valence-electron chi connectivity index (χ2n) is 6.82. The van der Waals surface area contributed by atoms with Gasteiger partial charge >= 0.3 is 6.03 Å². The summed E-state index contributed by atoms with van der Waals surface area (Å²) >= 11 is 0. The number of likely N-dealkylation sites (tertiary alicyclic amines) is 1. The topological polar surface area (TPSA) is 52.6 Å². The second-order valence-corrected chi connectivity index (χ2v) is 6.82. The third-order valence-corrected chi connectivity index (χ3v) is 4.57. The fraction of sp³-hybridized carbons (Fsp3) is 0.421. The van der Waals surface area contributed by atoms with Gasteiger partial charge in [0.15, 0.2) is 0 Å². The van der Waals surface area contributed by atoms with Gasteiger partial charge in [0.05, 0.1) is 11.6 Å². The molecule has 1 atom stereocenters. The number of carbonyl (C=O) groups excluding carboxylic acids is 1. The first-order valence-electron chi connectivity index (χ1n) is 8.21. The maximum Gasteiger partial charge on any atom is 0.318 e. The number of benzene rings is 2. The molecule has 23 heavy (non-hydrogen) atoms. The SMILES string of the molecule is CC(C)(NC(=O)N1CCCC(O)C1)c1cccc2ccccc12. The number of hydrogen-bond donors (Lipinski definition) is 2. The molecule has 0 spiro atoms. The molecule has 2 N–H and O–H groups in total. The van der Waals surface area contributed by atoms with Crippen molar-refractivity contribution < 1.29 is 9.90 Å². The van der Waals surface area contributed by atoms with Crippen molar-refractivity contribution in [2.45, 2.75) is 38.3 Å². The lowest BCUT2D eigenvalue weighted by Crippen LogP contribution is -2.52. The predicted octanol–water partition coefficient (Wildman–Crippen LogP) is 3.24. The summed E-state index contributed by atoms with van der Waals surface area (Å²) in [5, 5.41) is 15.2. The minimum atomic E-state index is -0.486. The number of aliphatic hydroxyl groups excluding tert-OH is 1. The van der Waals surface area contributed by atoms with Crippen LogP contribution in [0.2, 0.25) is 0 Å². The van der Waals surface area contributed by atoms with Crippen LogP contribution in [0.5, 0.6) is 0 Å². The molecule has 1 aliphatic rings. The normalized spacial score (nSPS) is 18.9. The van der Waals surface area contributed by atoms with Gasteiger partial charge in [0.2, 0.25) is 0 Å². The number of urea groups is 1. The highest BCUT2D eigenvalue weighted by atomic mass is 16.3. The van der Waals surface area contributed by atoms with E-state index in [4.69, 9.17) is 0 Å². The highest BCUT2D eigenvalue weighted by Crippen LogP contribution is 2.28. The van der Waals surface area contributed by atoms with Crippen LogP contribution in [-0.4, -0.2) is 35.2 Å². The molecule has 122 valence electrons. The Labute approximate surface area is 137 Å². The van der Waals surface area contributed by atoms with E-state index in [2.05, 4.69) is 29.6 Å². The third kappa shape index (κ3) is 3.32. The van der Waals surface area contributed by atoms with E-state index in [1.807, 2.05) is 32.0 Å². The summed E-state index contributed by atoms with van der Waals surface area (Å²) in [6.07, 6.45) is 1.22. The van der Waals surface area contributed by atoms with Crippen LogP contribution in [0.3, 0.4) is 0 Å². The van der Waals surface area contributed by atoms with Crippen molar-refractivity contribution in [3.8, 4) is 0 Å². The van der Waals surface area contributed by atoms with Gasteiger partial charge in [0.25, 0.3) is 0 Å². The molecular formula is C19H24N2O2. The summed E-state index contributed by atoms with van der Waals surface area (Å²) in [6.45, 7) is 5.16. The summed E-state index contributed by atoms with van der Waals surface area (Å²) in [7, 11) is 0. The number of nitrogens with zero attached hydrogens (tertiary/aromatic N) is 1. The molecular weight excluding hydrogens is 288 g/mol. The van der Waals surface area contributed by atoms with Crippen LogP contribution in [0.4, 0.5) is 4.79 Å². The van der Waals surface area contributed by atoms with E-state index < -0.39 is 11.6 Å². The van der Waals surface area contributed by atoms with Crippen LogP contribution < -0.4 is 5.32 Å². The van der Waals surface area contributed by atoms with Gasteiger partial charge in [-0.1, -0.05) is 42.5 Å². The number of β-amino-alcohol motifs (C(OH)–C–C–N with tert-alkyl or cyclic N) is 1. The molecule has 0 bridgehead atoms. The van der Waals surface area contributed by atoms with Crippen molar-refractivity contribution >= 4 is 16.8 Å². The fourth-order valence-corrected chi connectivity index (χ4v) is 3.32. The summed E-state index contributed by atoms with van der Waals surface area (Å²) < 4.78 is 0. The molecule has 2 aromatic carbocycles. The van der Waals surface area contributed by atoms with Crippen molar-refractivity contribution in [2.24, 2.45) is 0 Å². The van der Waals surface area contributed by atoms with Gasteiger partial charge in [-0.25, -0.2) is 4.79 Å². The summed E-state index contributed by atoms with van der Waals surface area (Å²) in [4.78, 5) is 14.3. The molecule has 1 aliphatic heterocycles. The smallest absolute Gasteiger partial charge is 0.318 e. The standard InChI is InChI=1S/C19H24N2O2/c1-19(2,20-18(23)21-12-6-9-15(22)13-21)17-11-5-8-14-7-3-4-10-16(14)17/h3-5,7-8,10-11,15,22H,6,9,12-13H2,1-2H3,(H,20,23). The largest absolute Gasteiger partial charge is 0.391 e. The van der Waals surface area contributed by atoms with Crippen LogP contribution in [0.1, 0.15) is 32.3 Å². The van der Waals surface area contributed by atoms with Gasteiger partial charge in [0, 0.05) is 13.1 Å². The van der Waals surface area contributed by atoms with Crippen LogP contribution in [0.15, 0.2) is 42.5 Å². The summed E-state index contributed by atoms with van der Waals surface area (Å²) in [5.74, 6) is 0. The Morgan fingerprint density at radius 1 is 1.22 bits per heavy atom. The number of fused-ring (bicyclic) bond motifs is 1. The first-order chi connectivity index (χ1) is 11.0. The van der Waals surface area contributed by atoms with Gasteiger partial charge in [0.1, 0.15) is 0 Å². The van der Waals surface area contributed by atoms with Crippen molar-refractivity contribution in [1.29, 1.82) is 0 Å². The van der Waals surface area contributed by atoms with Crippen molar-refractivity contribution in [2.75, 3.05) is 13.1 Å². The van der Waals surface area contributed by atoms with Crippen LogP contribution >= 0.6 is 0 Å². The molecule has 0 radical (unpaired) electrons. The second kappa shape index (κ2) is 6.20. The van der Waals surface area contributed by atoms with Gasteiger partial charge in [-0.15, -0.1) is 0 Å². The zero-order chi connectivity index (χ0) is 16.4. The zero-order valence-electron chi connectivity index (χ0n) is 13.7. The highest BCUT2D eigenvalue weighted by Gasteiger charge is 2.29. The van der Waals surface area contributed by atoms with Crippen molar-refractivity contribution in [1.82, 2.24) is 10.2 Å². The Kier molecular flexibility index (Phi) is 4.26. The molecule has 1 unspecified atom stereocenters. The van der Waals surface area contributed by atoms with E-state index in [0.29, 0.717) is 13.1 Å². The van der Waals surface area contributed by atoms with Crippen LogP contribution in [-0.2, 0) is 5.54 Å². The van der Waals surface area contributed by atoms with E-state index in [9.17, 15) is 9.90 Å². The first kappa shape index (κ1) is 15.8. The Morgan fingerprint density at radius 2 is 1.96 bits per heavy atom. The lowest BCUT2D eigenvalue weighted by Gasteiger charge is -2.35. The van der Waals surface area contributed by atoms with Gasteiger partial charge in [-0.3, -0.25) is 0 Å². The molecule has 1 saturated heterocycles. The Hall–Kier alpha value is -2.07. The Morgan fingerprint density at radius 3 is 2.74 bits per heavy atom. The number of hydrogen-bond acceptors (Lipinski definition) is 2. The Balaban J connectivity index is 1.84. The molecule has 3 rings (SSSR count). The molecule has 0 aromatic heterocycles. The zero-order valence-corrected chi connectivity index (χ0v) is 13.7. The molecule has 1 fully saturated rings. The van der Waals surface area contributed by atoms with Gasteiger partial charge in [-0.05, 0) is 43.0 Å². The van der Waals surface area contributed by atoms with Gasteiger partial charge < -0.3 is 15.3 Å². The van der Waals surface area contributed by atoms with Crippen molar-refractivity contribution in [3.63, 3.8) is 0 Å². The van der Waals surface area contributed by atoms with E-state index >= 15 is 0 Å². The number of carbonyl (C=O) groups is 1. The van der Waals surface area contributed by atoms with Crippen LogP contribution in [0.25, 0.3) is 10.8 Å². The summed E-state index contributed by atoms with van der Waals surface area (Å²) in [6, 6.07) is 14.3. The Bertz CT molecular complexity index is 706. The maximum atomic E-state index is 12.6. The quantitative estimate of drug-likeness (QED) is 0.894. The number of nitrogens with one attached hydrogen (secondary N) is 1. The highest BCUT2D eigenvalue weighted by molar-refractivity contribution is 5.87. The van der Waals surface area contributed by atoms with Crippen molar-refractivity contribution in [3.05, 3.63) is 48.0 Å². The van der Waals surface area contributed by atoms with Crippen LogP contribution in [0, 0.1) is 0 Å². The van der Waals surface area contributed by atoms with E-state index in [1.54, 1.807) is 4.90 Å². The average Bonchev–Trinajstić information content (AvgIpc) is 2.54. The lowest BCUT2D eigenvalue weighted by molar-refractivity contribution is 0.0818. The van der Waals surface area contributed by atoms with Gasteiger partial charge in [-0.2, -0.15) is 0 Å². The number of aliphatic hydroxyl groups is 1. The van der Waals surface area contributed by atoms with E-state index in [0.717, 1.165) is 23.8 Å². The minimum absolute atomic E-state index is 0.110. The van der Waals surface area contributed by atoms with E-state index in [-0.39, 0.29) is 6.03 Å². The molecule has 0 saturated carbocycles. The maximum absolute atomic E-state index is 12.6. The lowest BCUT2D eigenvalue weighted by atomic mass is 9.89. The monoisotopic (exact) mass is 312 g/mol. The molecule has 4 nitrogen and oxygen atoms in total. The number of rotatable bonds is 2. The minimum Gasteiger partial charge on any atom is -0.391 e. The average molecular weight is 312 g/mol. The number of piperidine rings is 1. The molecule has 4 heteroatoms. The summed E-state index contributed by atoms with van der Waals surface area (Å²) in [5.41, 5.74) is 0.613. The first-order valence-corrected chi connectivity index (χ1v) is 8.21. The fourth-order valence-electron chi connectivity index (χ4n) is 3.32. The molecule has 2 amide bonds. The number of amides is 2. The third-order valence-electron chi connectivity index (χ3n) is 4.57.